The van der Waals surface area contributed by atoms with Crippen molar-refractivity contribution in [2.75, 3.05) is 5.32 Å². The van der Waals surface area contributed by atoms with Crippen molar-refractivity contribution >= 4 is 5.82 Å². The first-order valence-electron chi connectivity index (χ1n) is 6.37. The van der Waals surface area contributed by atoms with Crippen LogP contribution in [0.25, 0.3) is 0 Å². The summed E-state index contributed by atoms with van der Waals surface area (Å²) in [6, 6.07) is 2.05. The Bertz CT molecular complexity index is 491. The van der Waals surface area contributed by atoms with E-state index in [0.29, 0.717) is 12.5 Å². The van der Waals surface area contributed by atoms with E-state index >= 15 is 0 Å². The van der Waals surface area contributed by atoms with E-state index < -0.39 is 0 Å². The molecule has 0 bridgehead atoms. The number of nitrogens with one attached hydrogen (secondary N) is 1. The molecular weight excluding hydrogens is 228 g/mol. The maximum Gasteiger partial charge on any atom is 0.144 e. The van der Waals surface area contributed by atoms with Crippen LogP contribution < -0.4 is 5.32 Å². The van der Waals surface area contributed by atoms with Crippen LogP contribution in [0.1, 0.15) is 43.1 Å². The number of aromatic nitrogens is 3. The molecule has 2 heterocycles. The molecule has 2 aromatic heterocycles. The van der Waals surface area contributed by atoms with E-state index in [1.54, 1.807) is 18.6 Å². The molecule has 5 nitrogen and oxygen atoms in total. The monoisotopic (exact) mass is 244 g/mol. The van der Waals surface area contributed by atoms with E-state index in [0.717, 1.165) is 17.3 Å². The molecule has 0 radical (unpaired) electrons. The summed E-state index contributed by atoms with van der Waals surface area (Å²) < 4.78 is 5.41. The molecule has 1 saturated carbocycles. The molecule has 94 valence electrons. The lowest BCUT2D eigenvalue weighted by molar-refractivity contribution is 0.356. The number of hydrogen-bond donors (Lipinski definition) is 1. The van der Waals surface area contributed by atoms with Gasteiger partial charge in [-0.3, -0.25) is 4.98 Å². The lowest BCUT2D eigenvalue weighted by Gasteiger charge is -2.01. The molecule has 1 N–H and O–H groups in total. The molecule has 0 unspecified atom stereocenters. The highest BCUT2D eigenvalue weighted by molar-refractivity contribution is 5.30. The Hall–Kier alpha value is -1.91. The zero-order valence-electron chi connectivity index (χ0n) is 10.2. The average Bonchev–Trinajstić information content (AvgIpc) is 3.08. The fraction of sp³-hybridized carbons (Fsp3) is 0.462. The van der Waals surface area contributed by atoms with Gasteiger partial charge in [-0.2, -0.15) is 0 Å². The van der Waals surface area contributed by atoms with Crippen LogP contribution in [0, 0.1) is 0 Å². The molecule has 0 atom stereocenters. The van der Waals surface area contributed by atoms with Crippen molar-refractivity contribution in [3.63, 3.8) is 0 Å². The summed E-state index contributed by atoms with van der Waals surface area (Å²) in [5.74, 6) is 2.36. The molecule has 2 aromatic rings. The van der Waals surface area contributed by atoms with Crippen molar-refractivity contribution < 1.29 is 4.52 Å². The molecule has 0 aromatic carbocycles. The van der Waals surface area contributed by atoms with Gasteiger partial charge in [0.1, 0.15) is 17.3 Å². The van der Waals surface area contributed by atoms with Crippen LogP contribution >= 0.6 is 0 Å². The van der Waals surface area contributed by atoms with Gasteiger partial charge in [0.25, 0.3) is 0 Å². The van der Waals surface area contributed by atoms with Gasteiger partial charge in [0, 0.05) is 24.4 Å². The lowest BCUT2D eigenvalue weighted by Crippen LogP contribution is -2.01. The quantitative estimate of drug-likeness (QED) is 0.895. The molecule has 0 aliphatic heterocycles. The minimum atomic E-state index is 0.572. The van der Waals surface area contributed by atoms with Crippen LogP contribution in [-0.4, -0.2) is 15.1 Å². The predicted octanol–water partition coefficient (Wildman–Crippen LogP) is 2.73. The molecule has 1 aliphatic carbocycles. The normalized spacial score (nSPS) is 16.0. The second-order valence-electron chi connectivity index (χ2n) is 4.65. The summed E-state index contributed by atoms with van der Waals surface area (Å²) in [6.45, 7) is 0.620. The van der Waals surface area contributed by atoms with Gasteiger partial charge < -0.3 is 9.84 Å². The maximum atomic E-state index is 5.41. The third-order valence-electron chi connectivity index (χ3n) is 3.35. The highest BCUT2D eigenvalue weighted by atomic mass is 16.5. The van der Waals surface area contributed by atoms with E-state index in [2.05, 4.69) is 26.5 Å². The minimum Gasteiger partial charge on any atom is -0.363 e. The fourth-order valence-electron chi connectivity index (χ4n) is 2.39. The average molecular weight is 244 g/mol. The number of rotatable bonds is 4. The third kappa shape index (κ3) is 2.50. The molecule has 5 heteroatoms. The first-order chi connectivity index (χ1) is 8.92. The zero-order chi connectivity index (χ0) is 12.2. The van der Waals surface area contributed by atoms with Crippen molar-refractivity contribution in [3.8, 4) is 0 Å². The minimum absolute atomic E-state index is 0.572. The summed E-state index contributed by atoms with van der Waals surface area (Å²) in [5, 5.41) is 7.26. The highest BCUT2D eigenvalue weighted by Gasteiger charge is 2.21. The van der Waals surface area contributed by atoms with Crippen molar-refractivity contribution in [1.82, 2.24) is 15.1 Å². The Morgan fingerprint density at radius 3 is 2.94 bits per heavy atom. The first kappa shape index (κ1) is 11.2. The summed E-state index contributed by atoms with van der Waals surface area (Å²) in [6.07, 6.45) is 10.1. The molecule has 0 saturated heterocycles. The largest absolute Gasteiger partial charge is 0.363 e. The second kappa shape index (κ2) is 5.16. The molecule has 3 rings (SSSR count). The van der Waals surface area contributed by atoms with Crippen LogP contribution in [0.2, 0.25) is 0 Å². The van der Waals surface area contributed by atoms with Crippen molar-refractivity contribution in [2.24, 2.45) is 0 Å². The van der Waals surface area contributed by atoms with Crippen LogP contribution in [0.3, 0.4) is 0 Å². The van der Waals surface area contributed by atoms with Gasteiger partial charge in [-0.15, -0.1) is 0 Å². The molecule has 1 aliphatic rings. The van der Waals surface area contributed by atoms with Gasteiger partial charge in [-0.25, -0.2) is 4.98 Å². The molecule has 0 spiro atoms. The van der Waals surface area contributed by atoms with Crippen LogP contribution in [0.5, 0.6) is 0 Å². The van der Waals surface area contributed by atoms with Gasteiger partial charge in [-0.05, 0) is 12.8 Å². The number of hydrogen-bond acceptors (Lipinski definition) is 5. The summed E-state index contributed by atoms with van der Waals surface area (Å²) in [5.41, 5.74) is 0.919. The molecule has 1 fully saturated rings. The van der Waals surface area contributed by atoms with Crippen LogP contribution in [-0.2, 0) is 6.54 Å². The van der Waals surface area contributed by atoms with Crippen molar-refractivity contribution in [1.29, 1.82) is 0 Å². The van der Waals surface area contributed by atoms with Gasteiger partial charge in [0.15, 0.2) is 0 Å². The Morgan fingerprint density at radius 1 is 1.28 bits per heavy atom. The summed E-state index contributed by atoms with van der Waals surface area (Å²) >= 11 is 0. The topological polar surface area (TPSA) is 63.8 Å². The van der Waals surface area contributed by atoms with E-state index in [9.17, 15) is 0 Å². The molecular formula is C13H16N4O. The Morgan fingerprint density at radius 2 is 2.17 bits per heavy atom. The first-order valence-corrected chi connectivity index (χ1v) is 6.37. The van der Waals surface area contributed by atoms with E-state index in [-0.39, 0.29) is 0 Å². The fourth-order valence-corrected chi connectivity index (χ4v) is 2.39. The standard InChI is InChI=1S/C13H16N4O/c1-2-4-10(3-1)12-7-11(17-18-12)8-16-13-9-14-5-6-15-13/h5-7,9-10H,1-4,8H2,(H,15,16). The van der Waals surface area contributed by atoms with E-state index in [1.165, 1.54) is 25.7 Å². The maximum absolute atomic E-state index is 5.41. The SMILES string of the molecule is c1cnc(NCc2cc(C3CCCC3)on2)cn1. The Labute approximate surface area is 106 Å². The number of nitrogens with zero attached hydrogens (tertiary/aromatic N) is 3. The molecule has 18 heavy (non-hydrogen) atoms. The van der Waals surface area contributed by atoms with E-state index in [1.807, 2.05) is 0 Å². The van der Waals surface area contributed by atoms with Gasteiger partial charge in [-0.1, -0.05) is 18.0 Å². The van der Waals surface area contributed by atoms with Gasteiger partial charge in [0.05, 0.1) is 12.7 Å². The Balaban J connectivity index is 1.60. The van der Waals surface area contributed by atoms with Gasteiger partial charge >= 0.3 is 0 Å². The third-order valence-corrected chi connectivity index (χ3v) is 3.35. The predicted molar refractivity (Wildman–Crippen MR) is 67.1 cm³/mol. The van der Waals surface area contributed by atoms with Crippen molar-refractivity contribution in [3.05, 3.63) is 36.1 Å². The molecule has 0 amide bonds. The van der Waals surface area contributed by atoms with Crippen LogP contribution in [0.15, 0.2) is 29.2 Å². The van der Waals surface area contributed by atoms with E-state index in [4.69, 9.17) is 4.52 Å². The number of anilines is 1. The Kier molecular flexibility index (Phi) is 3.21. The lowest BCUT2D eigenvalue weighted by atomic mass is 10.1. The van der Waals surface area contributed by atoms with Gasteiger partial charge in [0.2, 0.25) is 0 Å². The highest BCUT2D eigenvalue weighted by Crippen LogP contribution is 2.34. The second-order valence-corrected chi connectivity index (χ2v) is 4.65. The van der Waals surface area contributed by atoms with Crippen molar-refractivity contribution in [2.45, 2.75) is 38.1 Å². The summed E-state index contributed by atoms with van der Waals surface area (Å²) in [7, 11) is 0. The summed E-state index contributed by atoms with van der Waals surface area (Å²) in [4.78, 5) is 8.14. The van der Waals surface area contributed by atoms with Crippen LogP contribution in [0.4, 0.5) is 5.82 Å². The smallest absolute Gasteiger partial charge is 0.144 e. The zero-order valence-corrected chi connectivity index (χ0v) is 10.2.